The third kappa shape index (κ3) is 4.29. The van der Waals surface area contributed by atoms with E-state index in [-0.39, 0.29) is 17.3 Å². The second-order valence-corrected chi connectivity index (χ2v) is 4.92. The summed E-state index contributed by atoms with van der Waals surface area (Å²) in [6.07, 6.45) is 4.80. The Hall–Kier alpha value is -1.98. The number of unbranched alkanes of at least 4 members (excludes halogenated alkanes) is 1. The number of benzene rings is 1. The van der Waals surface area contributed by atoms with Crippen LogP contribution < -0.4 is 0 Å². The molecule has 110 valence electrons. The molecule has 1 aromatic carbocycles. The molecule has 0 spiro atoms. The van der Waals surface area contributed by atoms with Crippen LogP contribution in [0.4, 0.5) is 11.4 Å². The van der Waals surface area contributed by atoms with Gasteiger partial charge < -0.3 is 0 Å². The van der Waals surface area contributed by atoms with Gasteiger partial charge in [0.1, 0.15) is 0 Å². The van der Waals surface area contributed by atoms with Crippen molar-refractivity contribution in [2.45, 2.75) is 51.9 Å². The van der Waals surface area contributed by atoms with Gasteiger partial charge in [0.25, 0.3) is 11.4 Å². The minimum atomic E-state index is -0.570. The largest absolute Gasteiger partial charge is 0.276 e. The van der Waals surface area contributed by atoms with Gasteiger partial charge in [0.05, 0.1) is 15.9 Å². The quantitative estimate of drug-likeness (QED) is 0.515. The van der Waals surface area contributed by atoms with Crippen molar-refractivity contribution in [3.63, 3.8) is 0 Å². The van der Waals surface area contributed by atoms with Gasteiger partial charge in [-0.3, -0.25) is 20.2 Å². The predicted molar refractivity (Wildman–Crippen MR) is 76.9 cm³/mol. The van der Waals surface area contributed by atoms with E-state index in [1.165, 1.54) is 12.1 Å². The van der Waals surface area contributed by atoms with Crippen LogP contribution in [0.25, 0.3) is 0 Å². The first-order valence-corrected chi connectivity index (χ1v) is 6.93. The van der Waals surface area contributed by atoms with E-state index in [1.807, 2.05) is 6.92 Å². The van der Waals surface area contributed by atoms with Crippen molar-refractivity contribution in [2.24, 2.45) is 0 Å². The normalized spacial score (nSPS) is 12.1. The van der Waals surface area contributed by atoms with E-state index >= 15 is 0 Å². The number of nitrogens with zero attached hydrogens (tertiary/aromatic N) is 2. The van der Waals surface area contributed by atoms with Gasteiger partial charge in [-0.1, -0.05) is 33.1 Å². The fraction of sp³-hybridized carbons (Fsp3) is 0.571. The van der Waals surface area contributed by atoms with Crippen LogP contribution in [0.2, 0.25) is 0 Å². The second-order valence-electron chi connectivity index (χ2n) is 4.92. The van der Waals surface area contributed by atoms with E-state index in [2.05, 4.69) is 6.92 Å². The average Bonchev–Trinajstić information content (AvgIpc) is 2.42. The third-order valence-corrected chi connectivity index (χ3v) is 3.36. The highest BCUT2D eigenvalue weighted by atomic mass is 16.6. The predicted octanol–water partition coefficient (Wildman–Crippen LogP) is 4.58. The SMILES string of the molecule is CCCCC(CCC)c1cc([N+](=O)[O-])cc([N+](=O)[O-])c1. The van der Waals surface area contributed by atoms with Crippen LogP contribution in [0.5, 0.6) is 0 Å². The van der Waals surface area contributed by atoms with E-state index in [0.717, 1.165) is 38.2 Å². The lowest BCUT2D eigenvalue weighted by Gasteiger charge is -2.16. The van der Waals surface area contributed by atoms with E-state index in [4.69, 9.17) is 0 Å². The van der Waals surface area contributed by atoms with Crippen molar-refractivity contribution in [3.05, 3.63) is 44.0 Å². The van der Waals surface area contributed by atoms with Crippen LogP contribution in [0.15, 0.2) is 18.2 Å². The molecule has 1 atom stereocenters. The number of hydrogen-bond donors (Lipinski definition) is 0. The molecule has 6 heteroatoms. The Labute approximate surface area is 118 Å². The summed E-state index contributed by atoms with van der Waals surface area (Å²) in [4.78, 5) is 20.7. The van der Waals surface area contributed by atoms with Crippen LogP contribution in [0, 0.1) is 20.2 Å². The molecule has 0 aliphatic heterocycles. The summed E-state index contributed by atoms with van der Waals surface area (Å²) in [6.45, 7) is 4.13. The van der Waals surface area contributed by atoms with E-state index in [9.17, 15) is 20.2 Å². The zero-order valence-electron chi connectivity index (χ0n) is 11.9. The maximum atomic E-state index is 10.9. The van der Waals surface area contributed by atoms with Crippen LogP contribution in [0.3, 0.4) is 0 Å². The van der Waals surface area contributed by atoms with Gasteiger partial charge in [-0.2, -0.15) is 0 Å². The first kappa shape index (κ1) is 16.1. The minimum absolute atomic E-state index is 0.151. The molecule has 0 radical (unpaired) electrons. The zero-order valence-corrected chi connectivity index (χ0v) is 11.9. The topological polar surface area (TPSA) is 86.3 Å². The van der Waals surface area contributed by atoms with Gasteiger partial charge in [-0.15, -0.1) is 0 Å². The molecule has 0 heterocycles. The highest BCUT2D eigenvalue weighted by Crippen LogP contribution is 2.32. The van der Waals surface area contributed by atoms with Crippen LogP contribution in [-0.4, -0.2) is 9.85 Å². The summed E-state index contributed by atoms with van der Waals surface area (Å²) in [5.74, 6) is 0.151. The molecular formula is C14H20N2O4. The van der Waals surface area contributed by atoms with Gasteiger partial charge >= 0.3 is 0 Å². The third-order valence-electron chi connectivity index (χ3n) is 3.36. The van der Waals surface area contributed by atoms with Gasteiger partial charge in [0, 0.05) is 12.1 Å². The fourth-order valence-corrected chi connectivity index (χ4v) is 2.34. The Balaban J connectivity index is 3.17. The molecule has 0 aliphatic rings. The van der Waals surface area contributed by atoms with Crippen LogP contribution in [-0.2, 0) is 0 Å². The monoisotopic (exact) mass is 280 g/mol. The standard InChI is InChI=1S/C14H20N2O4/c1-3-5-7-11(6-4-2)12-8-13(15(17)18)10-14(9-12)16(19)20/h8-11H,3-7H2,1-2H3. The lowest BCUT2D eigenvalue weighted by Crippen LogP contribution is -2.02. The van der Waals surface area contributed by atoms with Crippen molar-refractivity contribution in [3.8, 4) is 0 Å². The summed E-state index contributed by atoms with van der Waals surface area (Å²) in [5, 5.41) is 21.8. The molecular weight excluding hydrogens is 260 g/mol. The Bertz CT molecular complexity index is 456. The van der Waals surface area contributed by atoms with Crippen LogP contribution >= 0.6 is 0 Å². The summed E-state index contributed by atoms with van der Waals surface area (Å²) in [6, 6.07) is 3.97. The molecule has 1 rings (SSSR count). The first-order valence-electron chi connectivity index (χ1n) is 6.93. The van der Waals surface area contributed by atoms with E-state index in [1.54, 1.807) is 0 Å². The molecule has 0 saturated carbocycles. The summed E-state index contributed by atoms with van der Waals surface area (Å²) in [5.41, 5.74) is 0.305. The number of non-ortho nitro benzene ring substituents is 2. The maximum Gasteiger partial charge on any atom is 0.276 e. The lowest BCUT2D eigenvalue weighted by molar-refractivity contribution is -0.394. The number of rotatable bonds is 8. The summed E-state index contributed by atoms with van der Waals surface area (Å²) in [7, 11) is 0. The van der Waals surface area contributed by atoms with Gasteiger partial charge in [0.2, 0.25) is 0 Å². The maximum absolute atomic E-state index is 10.9. The lowest BCUT2D eigenvalue weighted by atomic mass is 9.89. The van der Waals surface area contributed by atoms with E-state index in [0.29, 0.717) is 5.56 Å². The molecule has 0 aromatic heterocycles. The van der Waals surface area contributed by atoms with Gasteiger partial charge in [0.15, 0.2) is 0 Å². The van der Waals surface area contributed by atoms with Crippen molar-refractivity contribution in [2.75, 3.05) is 0 Å². The summed E-state index contributed by atoms with van der Waals surface area (Å²) < 4.78 is 0. The zero-order chi connectivity index (χ0) is 15.1. The Kier molecular flexibility index (Phi) is 6.09. The van der Waals surface area contributed by atoms with E-state index < -0.39 is 9.85 Å². The highest BCUT2D eigenvalue weighted by Gasteiger charge is 2.20. The van der Waals surface area contributed by atoms with Crippen molar-refractivity contribution >= 4 is 11.4 Å². The second kappa shape index (κ2) is 7.57. The van der Waals surface area contributed by atoms with Crippen LogP contribution in [0.1, 0.15) is 57.4 Å². The Morgan fingerprint density at radius 1 is 0.950 bits per heavy atom. The molecule has 1 aromatic rings. The van der Waals surface area contributed by atoms with Gasteiger partial charge in [-0.25, -0.2) is 0 Å². The molecule has 0 saturated heterocycles. The minimum Gasteiger partial charge on any atom is -0.258 e. The Morgan fingerprint density at radius 2 is 1.50 bits per heavy atom. The first-order chi connectivity index (χ1) is 9.49. The summed E-state index contributed by atoms with van der Waals surface area (Å²) >= 11 is 0. The molecule has 6 nitrogen and oxygen atoms in total. The van der Waals surface area contributed by atoms with Crippen molar-refractivity contribution < 1.29 is 9.85 Å². The number of nitro groups is 2. The highest BCUT2D eigenvalue weighted by molar-refractivity contribution is 5.47. The molecule has 0 N–H and O–H groups in total. The number of nitro benzene ring substituents is 2. The molecule has 0 amide bonds. The molecule has 1 unspecified atom stereocenters. The Morgan fingerprint density at radius 3 is 1.90 bits per heavy atom. The van der Waals surface area contributed by atoms with Crippen molar-refractivity contribution in [1.29, 1.82) is 0 Å². The molecule has 0 fully saturated rings. The number of hydrogen-bond acceptors (Lipinski definition) is 4. The van der Waals surface area contributed by atoms with Gasteiger partial charge in [-0.05, 0) is 24.3 Å². The smallest absolute Gasteiger partial charge is 0.258 e. The molecule has 0 aliphatic carbocycles. The fourth-order valence-electron chi connectivity index (χ4n) is 2.34. The average molecular weight is 280 g/mol. The van der Waals surface area contributed by atoms with Crippen molar-refractivity contribution in [1.82, 2.24) is 0 Å². The molecule has 20 heavy (non-hydrogen) atoms. The molecule has 0 bridgehead atoms.